The summed E-state index contributed by atoms with van der Waals surface area (Å²) in [5, 5.41) is 7.31. The van der Waals surface area contributed by atoms with Gasteiger partial charge in [0, 0.05) is 16.6 Å². The van der Waals surface area contributed by atoms with Gasteiger partial charge in [-0.3, -0.25) is 10.1 Å². The van der Waals surface area contributed by atoms with E-state index >= 15 is 0 Å². The molecular weight excluding hydrogens is 348 g/mol. The molecule has 0 saturated heterocycles. The van der Waals surface area contributed by atoms with Crippen molar-refractivity contribution >= 4 is 22.6 Å². The zero-order valence-electron chi connectivity index (χ0n) is 15.7. The highest BCUT2D eigenvalue weighted by Crippen LogP contribution is 2.27. The van der Waals surface area contributed by atoms with Gasteiger partial charge in [-0.2, -0.15) is 0 Å². The fourth-order valence-corrected chi connectivity index (χ4v) is 3.22. The molecular formula is C24H22N2O2. The number of hydrogen-bond acceptors (Lipinski definition) is 3. The zero-order valence-corrected chi connectivity index (χ0v) is 15.7. The van der Waals surface area contributed by atoms with E-state index < -0.39 is 0 Å². The van der Waals surface area contributed by atoms with Crippen molar-refractivity contribution in [2.24, 2.45) is 0 Å². The number of carbonyl (C=O) groups is 1. The van der Waals surface area contributed by atoms with Crippen LogP contribution in [-0.4, -0.2) is 12.5 Å². The van der Waals surface area contributed by atoms with Gasteiger partial charge in [-0.25, -0.2) is 0 Å². The number of anilines is 1. The standard InChI is InChI=1S/C24H22N2O2/c1-17(23-15-19-11-5-8-14-22(19)28-23)25-16-24(27)26-21-13-7-6-12-20(21)18-9-3-2-4-10-18/h2-15,17,25H,16H2,1H3,(H,26,27). The Morgan fingerprint density at radius 1 is 0.929 bits per heavy atom. The van der Waals surface area contributed by atoms with Crippen LogP contribution in [0.5, 0.6) is 0 Å². The van der Waals surface area contributed by atoms with Crippen molar-refractivity contribution in [3.63, 3.8) is 0 Å². The van der Waals surface area contributed by atoms with Gasteiger partial charge in [-0.1, -0.05) is 66.7 Å². The van der Waals surface area contributed by atoms with E-state index in [0.29, 0.717) is 0 Å². The number of carbonyl (C=O) groups excluding carboxylic acids is 1. The summed E-state index contributed by atoms with van der Waals surface area (Å²) in [5.74, 6) is 0.727. The van der Waals surface area contributed by atoms with E-state index in [1.165, 1.54) is 0 Å². The molecule has 3 aromatic carbocycles. The molecule has 28 heavy (non-hydrogen) atoms. The lowest BCUT2D eigenvalue weighted by Crippen LogP contribution is -2.30. The first-order valence-electron chi connectivity index (χ1n) is 9.37. The minimum atomic E-state index is -0.0913. The molecule has 1 heterocycles. The Hall–Kier alpha value is -3.37. The summed E-state index contributed by atoms with van der Waals surface area (Å²) >= 11 is 0. The van der Waals surface area contributed by atoms with Gasteiger partial charge in [-0.15, -0.1) is 0 Å². The lowest BCUT2D eigenvalue weighted by atomic mass is 10.0. The van der Waals surface area contributed by atoms with Crippen molar-refractivity contribution in [2.75, 3.05) is 11.9 Å². The van der Waals surface area contributed by atoms with Crippen LogP contribution in [0.4, 0.5) is 5.69 Å². The number of rotatable bonds is 6. The monoisotopic (exact) mass is 370 g/mol. The first-order chi connectivity index (χ1) is 13.7. The van der Waals surface area contributed by atoms with Crippen LogP contribution < -0.4 is 10.6 Å². The van der Waals surface area contributed by atoms with E-state index in [1.54, 1.807) is 0 Å². The molecule has 1 aromatic heterocycles. The summed E-state index contributed by atoms with van der Waals surface area (Å²) in [6, 6.07) is 27.7. The molecule has 1 unspecified atom stereocenters. The van der Waals surface area contributed by atoms with Crippen molar-refractivity contribution in [3.8, 4) is 11.1 Å². The third-order valence-corrected chi connectivity index (χ3v) is 4.73. The Balaban J connectivity index is 1.41. The first-order valence-corrected chi connectivity index (χ1v) is 9.37. The molecule has 0 fully saturated rings. The molecule has 4 heteroatoms. The Morgan fingerprint density at radius 2 is 1.64 bits per heavy atom. The highest BCUT2D eigenvalue weighted by Gasteiger charge is 2.13. The summed E-state index contributed by atoms with van der Waals surface area (Å²) in [6.45, 7) is 2.18. The van der Waals surface area contributed by atoms with Crippen LogP contribution in [0, 0.1) is 0 Å². The van der Waals surface area contributed by atoms with Crippen molar-refractivity contribution in [3.05, 3.63) is 90.7 Å². The molecule has 2 N–H and O–H groups in total. The molecule has 0 radical (unpaired) electrons. The normalized spacial score (nSPS) is 12.0. The van der Waals surface area contributed by atoms with E-state index in [2.05, 4.69) is 10.6 Å². The smallest absolute Gasteiger partial charge is 0.238 e. The molecule has 0 spiro atoms. The van der Waals surface area contributed by atoms with E-state index in [4.69, 9.17) is 4.42 Å². The molecule has 4 rings (SSSR count). The number of amides is 1. The Bertz CT molecular complexity index is 1050. The average molecular weight is 370 g/mol. The fourth-order valence-electron chi connectivity index (χ4n) is 3.22. The van der Waals surface area contributed by atoms with Crippen LogP contribution in [0.3, 0.4) is 0 Å². The third kappa shape index (κ3) is 3.97. The van der Waals surface area contributed by atoms with Gasteiger partial charge in [0.05, 0.1) is 12.6 Å². The molecule has 0 aliphatic rings. The lowest BCUT2D eigenvalue weighted by molar-refractivity contribution is -0.115. The number of benzene rings is 3. The highest BCUT2D eigenvalue weighted by atomic mass is 16.3. The van der Waals surface area contributed by atoms with Crippen LogP contribution in [0.1, 0.15) is 18.7 Å². The van der Waals surface area contributed by atoms with Crippen molar-refractivity contribution in [1.29, 1.82) is 0 Å². The molecule has 4 nitrogen and oxygen atoms in total. The van der Waals surface area contributed by atoms with Crippen LogP contribution in [0.25, 0.3) is 22.1 Å². The van der Waals surface area contributed by atoms with Gasteiger partial charge in [0.2, 0.25) is 5.91 Å². The maximum Gasteiger partial charge on any atom is 0.238 e. The number of fused-ring (bicyclic) bond motifs is 1. The predicted octanol–water partition coefficient (Wildman–Crippen LogP) is 5.39. The molecule has 1 atom stereocenters. The average Bonchev–Trinajstić information content (AvgIpc) is 3.17. The fraction of sp³-hybridized carbons (Fsp3) is 0.125. The van der Waals surface area contributed by atoms with Crippen LogP contribution in [0.2, 0.25) is 0 Å². The Morgan fingerprint density at radius 3 is 2.46 bits per heavy atom. The van der Waals surface area contributed by atoms with Crippen LogP contribution in [-0.2, 0) is 4.79 Å². The number of para-hydroxylation sites is 2. The molecule has 0 bridgehead atoms. The molecule has 4 aromatic rings. The quantitative estimate of drug-likeness (QED) is 0.478. The van der Waals surface area contributed by atoms with Crippen LogP contribution >= 0.6 is 0 Å². The summed E-state index contributed by atoms with van der Waals surface area (Å²) < 4.78 is 5.86. The Kier molecular flexibility index (Phi) is 5.22. The summed E-state index contributed by atoms with van der Waals surface area (Å²) in [4.78, 5) is 12.5. The largest absolute Gasteiger partial charge is 0.459 e. The predicted molar refractivity (Wildman–Crippen MR) is 113 cm³/mol. The van der Waals surface area contributed by atoms with E-state index in [1.807, 2.05) is 91.9 Å². The SMILES string of the molecule is CC(NCC(=O)Nc1ccccc1-c1ccccc1)c1cc2ccccc2o1. The lowest BCUT2D eigenvalue weighted by Gasteiger charge is -2.14. The number of hydrogen-bond donors (Lipinski definition) is 2. The second-order valence-corrected chi connectivity index (χ2v) is 6.75. The number of furan rings is 1. The number of nitrogens with one attached hydrogen (secondary N) is 2. The molecule has 0 saturated carbocycles. The van der Waals surface area contributed by atoms with E-state index in [-0.39, 0.29) is 18.5 Å². The second kappa shape index (κ2) is 8.11. The first kappa shape index (κ1) is 18.0. The minimum Gasteiger partial charge on any atom is -0.459 e. The molecule has 140 valence electrons. The Labute approximate surface area is 164 Å². The van der Waals surface area contributed by atoms with Gasteiger partial charge in [0.1, 0.15) is 11.3 Å². The topological polar surface area (TPSA) is 54.3 Å². The highest BCUT2D eigenvalue weighted by molar-refractivity contribution is 5.96. The third-order valence-electron chi connectivity index (χ3n) is 4.73. The summed E-state index contributed by atoms with van der Waals surface area (Å²) in [7, 11) is 0. The van der Waals surface area contributed by atoms with Gasteiger partial charge in [0.25, 0.3) is 0 Å². The maximum atomic E-state index is 12.5. The van der Waals surface area contributed by atoms with Gasteiger partial charge in [-0.05, 0) is 30.7 Å². The molecule has 0 aliphatic heterocycles. The maximum absolute atomic E-state index is 12.5. The molecule has 0 aliphatic carbocycles. The zero-order chi connectivity index (χ0) is 19.3. The van der Waals surface area contributed by atoms with Crippen molar-refractivity contribution < 1.29 is 9.21 Å². The van der Waals surface area contributed by atoms with E-state index in [9.17, 15) is 4.79 Å². The molecule has 1 amide bonds. The van der Waals surface area contributed by atoms with E-state index in [0.717, 1.165) is 33.5 Å². The van der Waals surface area contributed by atoms with Crippen LogP contribution in [0.15, 0.2) is 89.3 Å². The van der Waals surface area contributed by atoms with Crippen molar-refractivity contribution in [2.45, 2.75) is 13.0 Å². The second-order valence-electron chi connectivity index (χ2n) is 6.75. The van der Waals surface area contributed by atoms with Gasteiger partial charge >= 0.3 is 0 Å². The van der Waals surface area contributed by atoms with Gasteiger partial charge < -0.3 is 9.73 Å². The summed E-state index contributed by atoms with van der Waals surface area (Å²) in [5.41, 5.74) is 3.73. The summed E-state index contributed by atoms with van der Waals surface area (Å²) in [6.07, 6.45) is 0. The van der Waals surface area contributed by atoms with Gasteiger partial charge in [0.15, 0.2) is 0 Å². The van der Waals surface area contributed by atoms with Crippen molar-refractivity contribution in [1.82, 2.24) is 5.32 Å². The minimum absolute atomic E-state index is 0.0671.